The van der Waals surface area contributed by atoms with Crippen molar-refractivity contribution in [1.29, 1.82) is 0 Å². The van der Waals surface area contributed by atoms with Gasteiger partial charge in [-0.25, -0.2) is 4.98 Å². The van der Waals surface area contributed by atoms with Crippen LogP contribution in [0.4, 0.5) is 0 Å². The van der Waals surface area contributed by atoms with Gasteiger partial charge < -0.3 is 14.8 Å². The van der Waals surface area contributed by atoms with Gasteiger partial charge in [0.1, 0.15) is 15.7 Å². The van der Waals surface area contributed by atoms with E-state index < -0.39 is 11.4 Å². The molecule has 1 aliphatic rings. The molecule has 0 atom stereocenters. The lowest BCUT2D eigenvalue weighted by Crippen LogP contribution is -2.56. The maximum Gasteiger partial charge on any atom is 0.318 e. The molecule has 0 aromatic carbocycles. The summed E-state index contributed by atoms with van der Waals surface area (Å²) in [4.78, 5) is 27.8. The van der Waals surface area contributed by atoms with E-state index in [1.165, 1.54) is 13.2 Å². The molecular formula is C13H14Cl2N2O4. The normalized spacial score (nSPS) is 16.0. The first-order valence-corrected chi connectivity index (χ1v) is 6.92. The highest BCUT2D eigenvalue weighted by molar-refractivity contribution is 6.33. The third-order valence-corrected chi connectivity index (χ3v) is 3.95. The third-order valence-electron chi connectivity index (χ3n) is 3.39. The van der Waals surface area contributed by atoms with Gasteiger partial charge in [-0.1, -0.05) is 23.2 Å². The topological polar surface area (TPSA) is 77.5 Å². The van der Waals surface area contributed by atoms with Gasteiger partial charge >= 0.3 is 5.97 Å². The van der Waals surface area contributed by atoms with Crippen LogP contribution in [0.25, 0.3) is 0 Å². The second kappa shape index (κ2) is 6.17. The predicted octanol–water partition coefficient (Wildman–Crippen LogP) is 1.62. The monoisotopic (exact) mass is 332 g/mol. The van der Waals surface area contributed by atoms with Gasteiger partial charge in [0.25, 0.3) is 5.91 Å². The minimum Gasteiger partial charge on any atom is -0.468 e. The second-order valence-electron chi connectivity index (χ2n) is 4.86. The van der Waals surface area contributed by atoms with Gasteiger partial charge in [0.2, 0.25) is 0 Å². The molecule has 114 valence electrons. The molecule has 0 aliphatic carbocycles. The minimum atomic E-state index is -0.821. The Morgan fingerprint density at radius 2 is 2.14 bits per heavy atom. The molecular weight excluding hydrogens is 319 g/mol. The fourth-order valence-electron chi connectivity index (χ4n) is 1.99. The van der Waals surface area contributed by atoms with Crippen LogP contribution in [0.15, 0.2) is 6.07 Å². The summed E-state index contributed by atoms with van der Waals surface area (Å²) in [5, 5.41) is 2.99. The number of pyridine rings is 1. The first-order valence-electron chi connectivity index (χ1n) is 6.16. The number of esters is 1. The molecule has 1 fully saturated rings. The van der Waals surface area contributed by atoms with Crippen LogP contribution in [-0.2, 0) is 14.3 Å². The van der Waals surface area contributed by atoms with E-state index in [0.29, 0.717) is 11.1 Å². The fourth-order valence-corrected chi connectivity index (χ4v) is 2.42. The summed E-state index contributed by atoms with van der Waals surface area (Å²) < 4.78 is 9.79. The standard InChI is InChI=1S/C13H14Cl2N2O4/c1-7-8(3-9(14)17-10(7)15)11(18)16-4-13(5-21-6-13)12(19)20-2/h3H,4-6H2,1-2H3,(H,16,18). The van der Waals surface area contributed by atoms with E-state index in [2.05, 4.69) is 10.3 Å². The SMILES string of the molecule is COC(=O)C1(CNC(=O)c2cc(Cl)nc(Cl)c2C)COC1. The predicted molar refractivity (Wildman–Crippen MR) is 76.6 cm³/mol. The van der Waals surface area contributed by atoms with Gasteiger partial charge in [0.05, 0.1) is 20.3 Å². The summed E-state index contributed by atoms with van der Waals surface area (Å²) in [6.07, 6.45) is 0. The first kappa shape index (κ1) is 16.0. The number of ether oxygens (including phenoxy) is 2. The zero-order chi connectivity index (χ0) is 15.6. The first-order chi connectivity index (χ1) is 9.89. The number of nitrogens with one attached hydrogen (secondary N) is 1. The Balaban J connectivity index is 2.10. The largest absolute Gasteiger partial charge is 0.468 e. The number of halogens is 2. The van der Waals surface area contributed by atoms with E-state index >= 15 is 0 Å². The molecule has 1 amide bonds. The Morgan fingerprint density at radius 3 is 2.67 bits per heavy atom. The molecule has 2 rings (SSSR count). The number of rotatable bonds is 4. The van der Waals surface area contributed by atoms with Crippen molar-refractivity contribution in [3.05, 3.63) is 27.5 Å². The van der Waals surface area contributed by atoms with Crippen LogP contribution < -0.4 is 5.32 Å². The van der Waals surface area contributed by atoms with E-state index in [1.54, 1.807) is 6.92 Å². The number of methoxy groups -OCH3 is 1. The van der Waals surface area contributed by atoms with Crippen molar-refractivity contribution in [3.8, 4) is 0 Å². The van der Waals surface area contributed by atoms with Crippen LogP contribution in [0.5, 0.6) is 0 Å². The number of hydrogen-bond acceptors (Lipinski definition) is 5. The van der Waals surface area contributed by atoms with Crippen molar-refractivity contribution >= 4 is 35.1 Å². The summed E-state index contributed by atoms with van der Waals surface area (Å²) in [5.74, 6) is -0.787. The molecule has 1 aromatic rings. The van der Waals surface area contributed by atoms with Gasteiger partial charge in [0, 0.05) is 12.1 Å². The summed E-state index contributed by atoms with van der Waals surface area (Å²) in [6.45, 7) is 2.23. The highest BCUT2D eigenvalue weighted by Crippen LogP contribution is 2.28. The molecule has 1 aromatic heterocycles. The van der Waals surface area contributed by atoms with Crippen molar-refractivity contribution in [2.24, 2.45) is 5.41 Å². The average Bonchev–Trinajstić information content (AvgIpc) is 2.40. The summed E-state index contributed by atoms with van der Waals surface area (Å²) in [7, 11) is 1.30. The van der Waals surface area contributed by atoms with Crippen LogP contribution >= 0.6 is 23.2 Å². The van der Waals surface area contributed by atoms with Crippen LogP contribution in [0.3, 0.4) is 0 Å². The van der Waals surface area contributed by atoms with Crippen molar-refractivity contribution < 1.29 is 19.1 Å². The number of amides is 1. The molecule has 0 saturated carbocycles. The van der Waals surface area contributed by atoms with E-state index in [4.69, 9.17) is 32.7 Å². The van der Waals surface area contributed by atoms with Crippen LogP contribution in [-0.4, -0.2) is 43.7 Å². The number of aromatic nitrogens is 1. The zero-order valence-corrected chi connectivity index (χ0v) is 13.0. The molecule has 0 spiro atoms. The molecule has 8 heteroatoms. The molecule has 0 unspecified atom stereocenters. The van der Waals surface area contributed by atoms with Gasteiger partial charge in [-0.15, -0.1) is 0 Å². The molecule has 1 aliphatic heterocycles. The molecule has 0 radical (unpaired) electrons. The van der Waals surface area contributed by atoms with Crippen molar-refractivity contribution in [1.82, 2.24) is 10.3 Å². The molecule has 1 saturated heterocycles. The highest BCUT2D eigenvalue weighted by atomic mass is 35.5. The second-order valence-corrected chi connectivity index (χ2v) is 5.60. The fraction of sp³-hybridized carbons (Fsp3) is 0.462. The van der Waals surface area contributed by atoms with Gasteiger partial charge in [-0.2, -0.15) is 0 Å². The number of carbonyl (C=O) groups excluding carboxylic acids is 2. The Morgan fingerprint density at radius 1 is 1.48 bits per heavy atom. The van der Waals surface area contributed by atoms with E-state index in [0.717, 1.165) is 0 Å². The van der Waals surface area contributed by atoms with Crippen molar-refractivity contribution in [2.45, 2.75) is 6.92 Å². The summed E-state index contributed by atoms with van der Waals surface area (Å²) >= 11 is 11.7. The number of carbonyl (C=O) groups is 2. The lowest BCUT2D eigenvalue weighted by Gasteiger charge is -2.38. The van der Waals surface area contributed by atoms with E-state index in [9.17, 15) is 9.59 Å². The molecule has 21 heavy (non-hydrogen) atoms. The Hall–Kier alpha value is -1.37. The minimum absolute atomic E-state index is 0.121. The van der Waals surface area contributed by atoms with Crippen molar-refractivity contribution in [3.63, 3.8) is 0 Å². The van der Waals surface area contributed by atoms with Gasteiger partial charge in [-0.3, -0.25) is 9.59 Å². The number of nitrogens with zero attached hydrogens (tertiary/aromatic N) is 1. The number of hydrogen-bond donors (Lipinski definition) is 1. The van der Waals surface area contributed by atoms with Crippen LogP contribution in [0.2, 0.25) is 10.3 Å². The quantitative estimate of drug-likeness (QED) is 0.669. The zero-order valence-electron chi connectivity index (χ0n) is 11.5. The average molecular weight is 333 g/mol. The molecule has 0 bridgehead atoms. The maximum absolute atomic E-state index is 12.2. The van der Waals surface area contributed by atoms with E-state index in [-0.39, 0.29) is 36.0 Å². The van der Waals surface area contributed by atoms with Crippen LogP contribution in [0.1, 0.15) is 15.9 Å². The molecule has 2 heterocycles. The van der Waals surface area contributed by atoms with Crippen LogP contribution in [0, 0.1) is 12.3 Å². The Kier molecular flexibility index (Phi) is 4.70. The lowest BCUT2D eigenvalue weighted by molar-refractivity contribution is -0.181. The highest BCUT2D eigenvalue weighted by Gasteiger charge is 2.47. The van der Waals surface area contributed by atoms with E-state index in [1.807, 2.05) is 0 Å². The van der Waals surface area contributed by atoms with Crippen molar-refractivity contribution in [2.75, 3.05) is 26.9 Å². The molecule has 6 nitrogen and oxygen atoms in total. The smallest absolute Gasteiger partial charge is 0.318 e. The lowest BCUT2D eigenvalue weighted by atomic mass is 9.86. The van der Waals surface area contributed by atoms with Gasteiger partial charge in [-0.05, 0) is 18.6 Å². The summed E-state index contributed by atoms with van der Waals surface area (Å²) in [5.41, 5.74) is 0.0228. The van der Waals surface area contributed by atoms with Gasteiger partial charge in [0.15, 0.2) is 0 Å². The maximum atomic E-state index is 12.2. The third kappa shape index (κ3) is 3.12. The molecule has 1 N–H and O–H groups in total. The summed E-state index contributed by atoms with van der Waals surface area (Å²) in [6, 6.07) is 1.43. The Labute approximate surface area is 131 Å². The Bertz CT molecular complexity index is 588.